The third-order valence-electron chi connectivity index (χ3n) is 7.69. The molecule has 2 heterocycles. The number of hydrogen-bond donors (Lipinski definition) is 0. The van der Waals surface area contributed by atoms with Gasteiger partial charge >= 0.3 is 0 Å². The van der Waals surface area contributed by atoms with E-state index < -0.39 is 10.4 Å². The summed E-state index contributed by atoms with van der Waals surface area (Å²) in [4.78, 5) is 4.73. The van der Waals surface area contributed by atoms with Gasteiger partial charge in [-0.1, -0.05) is 37.1 Å². The molecule has 0 saturated heterocycles. The molecule has 0 unspecified atom stereocenters. The molecule has 0 aliphatic carbocycles. The minimum Gasteiger partial charge on any atom is -0.726 e. The molecule has 244 valence electrons. The molecule has 0 N–H and O–H groups in total. The Bertz CT molecular complexity index is 1540. The van der Waals surface area contributed by atoms with E-state index in [0.29, 0.717) is 0 Å². The van der Waals surface area contributed by atoms with Gasteiger partial charge in [0.1, 0.15) is 14.1 Å². The van der Waals surface area contributed by atoms with Crippen molar-refractivity contribution < 1.29 is 26.3 Å². The molecule has 9 heteroatoms. The Labute approximate surface area is 275 Å². The van der Waals surface area contributed by atoms with Crippen LogP contribution in [0.5, 0.6) is 0 Å². The van der Waals surface area contributed by atoms with Gasteiger partial charge in [0.2, 0.25) is 21.8 Å². The maximum Gasteiger partial charge on any atom is 0.217 e. The molecule has 0 aliphatic heterocycles. The molecule has 2 aromatic heterocycles. The van der Waals surface area contributed by atoms with Gasteiger partial charge in [0, 0.05) is 75.0 Å². The average molecular weight is 644 g/mol. The van der Waals surface area contributed by atoms with Gasteiger partial charge in [-0.15, -0.1) is 0 Å². The van der Waals surface area contributed by atoms with E-state index in [2.05, 4.69) is 161 Å². The first-order valence-corrected chi connectivity index (χ1v) is 16.8. The van der Waals surface area contributed by atoms with Crippen molar-refractivity contribution >= 4 is 46.1 Å². The summed E-state index contributed by atoms with van der Waals surface area (Å²) in [5.41, 5.74) is 7.37. The zero-order valence-electron chi connectivity index (χ0n) is 27.6. The highest BCUT2D eigenvalue weighted by Gasteiger charge is 2.04. The molecule has 8 nitrogen and oxygen atoms in total. The summed E-state index contributed by atoms with van der Waals surface area (Å²) in [5.74, 6) is 0. The standard InChI is InChI=1S/C36H44N4.CH4O4S/c1-37-29-11-7-13-33(37)21-15-31-17-23-35(24-18-31)39(3)27-9-5-6-10-28-40(4)36-25-19-32(20-26-36)16-22-34-14-8-12-30-38(34)2;1-5-6(2,3)4/h7-8,11-26,29-30H,5-6,9-10,27-28H2,1-4H3;1H3,(H,2,3,4)/q+2;/p-1. The molecule has 0 radical (unpaired) electrons. The molecule has 4 aromatic rings. The summed E-state index contributed by atoms with van der Waals surface area (Å²) in [6.07, 6.45) is 17.8. The maximum absolute atomic E-state index is 9.22. The van der Waals surface area contributed by atoms with Crippen LogP contribution in [0.25, 0.3) is 24.3 Å². The van der Waals surface area contributed by atoms with Gasteiger partial charge in [0.15, 0.2) is 12.4 Å². The van der Waals surface area contributed by atoms with Gasteiger partial charge in [0.25, 0.3) is 0 Å². The topological polar surface area (TPSA) is 80.7 Å². The van der Waals surface area contributed by atoms with E-state index in [1.807, 2.05) is 12.1 Å². The molecule has 0 aliphatic rings. The lowest BCUT2D eigenvalue weighted by atomic mass is 10.1. The fraction of sp³-hybridized carbons (Fsp3) is 0.297. The van der Waals surface area contributed by atoms with Crippen molar-refractivity contribution in [1.29, 1.82) is 0 Å². The van der Waals surface area contributed by atoms with Crippen molar-refractivity contribution in [1.82, 2.24) is 0 Å². The highest BCUT2D eigenvalue weighted by atomic mass is 32.3. The van der Waals surface area contributed by atoms with Crippen LogP contribution in [-0.2, 0) is 28.7 Å². The van der Waals surface area contributed by atoms with Gasteiger partial charge in [-0.25, -0.2) is 17.6 Å². The fourth-order valence-corrected chi connectivity index (χ4v) is 4.77. The second kappa shape index (κ2) is 18.6. The number of nitrogens with zero attached hydrogens (tertiary/aromatic N) is 4. The zero-order valence-corrected chi connectivity index (χ0v) is 28.4. The minimum atomic E-state index is -4.41. The van der Waals surface area contributed by atoms with Crippen LogP contribution in [0.4, 0.5) is 11.4 Å². The number of rotatable bonds is 14. The van der Waals surface area contributed by atoms with Gasteiger partial charge in [-0.2, -0.15) is 0 Å². The van der Waals surface area contributed by atoms with Gasteiger partial charge < -0.3 is 14.4 Å². The number of aryl methyl sites for hydroxylation is 2. The predicted octanol–water partition coefficient (Wildman–Crippen LogP) is 5.90. The van der Waals surface area contributed by atoms with Crippen LogP contribution in [0, 0.1) is 0 Å². The summed E-state index contributed by atoms with van der Waals surface area (Å²) in [7, 11) is 4.93. The number of benzene rings is 2. The molecule has 0 atom stereocenters. The monoisotopic (exact) mass is 643 g/mol. The first kappa shape index (κ1) is 36.2. The molecule has 0 saturated carbocycles. The largest absolute Gasteiger partial charge is 0.726 e. The molecule has 2 aromatic carbocycles. The van der Waals surface area contributed by atoms with Crippen LogP contribution in [0.1, 0.15) is 48.2 Å². The lowest BCUT2D eigenvalue weighted by molar-refractivity contribution is -0.673. The fourth-order valence-electron chi connectivity index (χ4n) is 4.77. The minimum absolute atomic E-state index is 0.808. The number of anilines is 2. The summed E-state index contributed by atoms with van der Waals surface area (Å²) in [6.45, 7) is 2.17. The first-order valence-electron chi connectivity index (χ1n) is 15.4. The number of aromatic nitrogens is 2. The van der Waals surface area contributed by atoms with E-state index in [4.69, 9.17) is 0 Å². The lowest BCUT2D eigenvalue weighted by Gasteiger charge is -2.20. The third kappa shape index (κ3) is 13.0. The number of hydrogen-bond acceptors (Lipinski definition) is 6. The Morgan fingerprint density at radius 2 is 1.00 bits per heavy atom. The van der Waals surface area contributed by atoms with Crippen molar-refractivity contribution in [2.45, 2.75) is 25.7 Å². The molecule has 0 amide bonds. The van der Waals surface area contributed by atoms with Crippen LogP contribution < -0.4 is 18.9 Å². The predicted molar refractivity (Wildman–Crippen MR) is 188 cm³/mol. The highest BCUT2D eigenvalue weighted by molar-refractivity contribution is 7.80. The molecule has 0 spiro atoms. The van der Waals surface area contributed by atoms with E-state index in [9.17, 15) is 13.0 Å². The van der Waals surface area contributed by atoms with Crippen molar-refractivity contribution in [2.75, 3.05) is 44.1 Å². The summed E-state index contributed by atoms with van der Waals surface area (Å²) < 4.78 is 35.3. The quantitative estimate of drug-likeness (QED) is 0.0737. The normalized spacial score (nSPS) is 11.4. The van der Waals surface area contributed by atoms with Crippen LogP contribution in [-0.4, -0.2) is 47.3 Å². The van der Waals surface area contributed by atoms with Gasteiger partial charge in [-0.3, -0.25) is 4.18 Å². The SMILES string of the molecule is CN(CCCCCCN(C)c1ccc(/C=C/c2cccc[n+]2C)cc1)c1ccc(/C=C/c2cccc[n+]2C)cc1.COS(=O)(=O)[O-]. The van der Waals surface area contributed by atoms with Crippen molar-refractivity contribution in [3.63, 3.8) is 0 Å². The third-order valence-corrected chi connectivity index (χ3v) is 8.10. The van der Waals surface area contributed by atoms with E-state index in [-0.39, 0.29) is 0 Å². The van der Waals surface area contributed by atoms with Crippen molar-refractivity contribution in [2.24, 2.45) is 14.1 Å². The summed E-state index contributed by atoms with van der Waals surface area (Å²) in [6, 6.07) is 30.2. The highest BCUT2D eigenvalue weighted by Crippen LogP contribution is 2.18. The van der Waals surface area contributed by atoms with Crippen molar-refractivity contribution in [3.8, 4) is 0 Å². The van der Waals surface area contributed by atoms with E-state index >= 15 is 0 Å². The second-order valence-corrected chi connectivity index (χ2v) is 12.3. The van der Waals surface area contributed by atoms with E-state index in [1.54, 1.807) is 0 Å². The van der Waals surface area contributed by atoms with Crippen molar-refractivity contribution in [3.05, 3.63) is 120 Å². The molecular weight excluding hydrogens is 596 g/mol. The average Bonchev–Trinajstić information content (AvgIpc) is 3.06. The summed E-state index contributed by atoms with van der Waals surface area (Å²) in [5, 5.41) is 0. The molecule has 0 fully saturated rings. The van der Waals surface area contributed by atoms with Crippen LogP contribution >= 0.6 is 0 Å². The Hall–Kier alpha value is -4.31. The summed E-state index contributed by atoms with van der Waals surface area (Å²) >= 11 is 0. The van der Waals surface area contributed by atoms with Gasteiger partial charge in [-0.05, 0) is 72.5 Å². The molecular formula is C37H47N4O4S+. The van der Waals surface area contributed by atoms with Crippen LogP contribution in [0.3, 0.4) is 0 Å². The number of pyridine rings is 2. The number of unbranched alkanes of at least 4 members (excludes halogenated alkanes) is 3. The zero-order chi connectivity index (χ0) is 33.4. The first-order chi connectivity index (χ1) is 22.1. The molecule has 0 bridgehead atoms. The van der Waals surface area contributed by atoms with Crippen LogP contribution in [0.2, 0.25) is 0 Å². The molecule has 46 heavy (non-hydrogen) atoms. The Kier molecular flexibility index (Phi) is 14.6. The van der Waals surface area contributed by atoms with Gasteiger partial charge in [0.05, 0.1) is 7.11 Å². The Morgan fingerprint density at radius 1 is 0.630 bits per heavy atom. The maximum atomic E-state index is 9.22. The Balaban J connectivity index is 0.000000875. The lowest BCUT2D eigenvalue weighted by Crippen LogP contribution is -2.30. The van der Waals surface area contributed by atoms with E-state index in [1.165, 1.54) is 59.6 Å². The van der Waals surface area contributed by atoms with E-state index in [0.717, 1.165) is 20.2 Å². The molecule has 4 rings (SSSR count). The smallest absolute Gasteiger partial charge is 0.217 e. The second-order valence-electron chi connectivity index (χ2n) is 11.2. The Morgan fingerprint density at radius 3 is 1.33 bits per heavy atom. The van der Waals surface area contributed by atoms with Crippen LogP contribution in [0.15, 0.2) is 97.3 Å².